The standard InChI is InChI=1S/C27H32N2O2S/c1-4-5-17-28(27(31)24-14-11-21(2)12-15-24)20-26(30)29(18-23-9-7-6-8-10-23)19-25-16-13-22(3)32-25/h6-16H,4-5,17-20H2,1-3H3. The maximum atomic E-state index is 13.5. The molecule has 0 saturated heterocycles. The number of amides is 2. The number of unbranched alkanes of at least 4 members (excludes halogenated alkanes) is 1. The molecule has 3 aromatic rings. The fraction of sp³-hybridized carbons (Fsp3) is 0.333. The van der Waals surface area contributed by atoms with Crippen molar-refractivity contribution in [1.29, 1.82) is 0 Å². The van der Waals surface area contributed by atoms with E-state index >= 15 is 0 Å². The molecule has 4 nitrogen and oxygen atoms in total. The van der Waals surface area contributed by atoms with Crippen molar-refractivity contribution in [3.8, 4) is 0 Å². The Morgan fingerprint density at radius 1 is 0.844 bits per heavy atom. The van der Waals surface area contributed by atoms with Gasteiger partial charge in [0.15, 0.2) is 0 Å². The van der Waals surface area contributed by atoms with Gasteiger partial charge in [-0.1, -0.05) is 61.4 Å². The Hall–Kier alpha value is -2.92. The molecule has 32 heavy (non-hydrogen) atoms. The van der Waals surface area contributed by atoms with Crippen LogP contribution in [0.5, 0.6) is 0 Å². The Balaban J connectivity index is 1.79. The van der Waals surface area contributed by atoms with E-state index in [9.17, 15) is 9.59 Å². The molecule has 0 fully saturated rings. The molecular formula is C27H32N2O2S. The van der Waals surface area contributed by atoms with Crippen molar-refractivity contribution in [2.45, 2.75) is 46.7 Å². The number of hydrogen-bond donors (Lipinski definition) is 0. The van der Waals surface area contributed by atoms with Crippen molar-refractivity contribution in [3.05, 3.63) is 93.2 Å². The minimum Gasteiger partial charge on any atom is -0.332 e. The second-order valence-electron chi connectivity index (χ2n) is 8.19. The summed E-state index contributed by atoms with van der Waals surface area (Å²) >= 11 is 1.71. The van der Waals surface area contributed by atoms with Gasteiger partial charge in [0.2, 0.25) is 5.91 Å². The van der Waals surface area contributed by atoms with Crippen LogP contribution in [0.25, 0.3) is 0 Å². The van der Waals surface area contributed by atoms with Gasteiger partial charge in [-0.25, -0.2) is 0 Å². The monoisotopic (exact) mass is 448 g/mol. The molecule has 0 N–H and O–H groups in total. The summed E-state index contributed by atoms with van der Waals surface area (Å²) in [6.45, 7) is 7.90. The minimum atomic E-state index is -0.0848. The Labute approximate surface area is 195 Å². The Morgan fingerprint density at radius 3 is 2.19 bits per heavy atom. The van der Waals surface area contributed by atoms with E-state index in [4.69, 9.17) is 0 Å². The Bertz CT molecular complexity index is 1010. The highest BCUT2D eigenvalue weighted by atomic mass is 32.1. The summed E-state index contributed by atoms with van der Waals surface area (Å²) in [5, 5.41) is 0. The summed E-state index contributed by atoms with van der Waals surface area (Å²) in [6, 6.07) is 21.8. The number of rotatable bonds is 10. The van der Waals surface area contributed by atoms with E-state index in [1.54, 1.807) is 16.2 Å². The third kappa shape index (κ3) is 6.79. The molecular weight excluding hydrogens is 416 g/mol. The van der Waals surface area contributed by atoms with Gasteiger partial charge in [-0.3, -0.25) is 9.59 Å². The zero-order chi connectivity index (χ0) is 22.9. The molecule has 1 heterocycles. The summed E-state index contributed by atoms with van der Waals surface area (Å²) in [7, 11) is 0. The number of carbonyl (C=O) groups excluding carboxylic acids is 2. The van der Waals surface area contributed by atoms with E-state index in [2.05, 4.69) is 26.0 Å². The number of aryl methyl sites for hydroxylation is 2. The van der Waals surface area contributed by atoms with Gasteiger partial charge in [0.05, 0.1) is 6.54 Å². The van der Waals surface area contributed by atoms with Crippen LogP contribution in [0.2, 0.25) is 0 Å². The molecule has 2 amide bonds. The molecule has 0 saturated carbocycles. The topological polar surface area (TPSA) is 40.6 Å². The molecule has 0 radical (unpaired) electrons. The van der Waals surface area contributed by atoms with Gasteiger partial charge in [-0.15, -0.1) is 11.3 Å². The predicted molar refractivity (Wildman–Crippen MR) is 132 cm³/mol. The fourth-order valence-electron chi connectivity index (χ4n) is 3.54. The maximum absolute atomic E-state index is 13.5. The normalized spacial score (nSPS) is 10.7. The quantitative estimate of drug-likeness (QED) is 0.391. The van der Waals surface area contributed by atoms with Crippen LogP contribution in [0.1, 0.15) is 51.0 Å². The van der Waals surface area contributed by atoms with Crippen molar-refractivity contribution in [2.24, 2.45) is 0 Å². The lowest BCUT2D eigenvalue weighted by Gasteiger charge is -2.28. The molecule has 0 aliphatic rings. The summed E-state index contributed by atoms with van der Waals surface area (Å²) < 4.78 is 0. The average molecular weight is 449 g/mol. The van der Waals surface area contributed by atoms with E-state index in [0.29, 0.717) is 25.2 Å². The molecule has 0 spiro atoms. The first-order chi connectivity index (χ1) is 15.5. The van der Waals surface area contributed by atoms with Crippen molar-refractivity contribution < 1.29 is 9.59 Å². The highest BCUT2D eigenvalue weighted by Crippen LogP contribution is 2.19. The van der Waals surface area contributed by atoms with Gasteiger partial charge in [0.25, 0.3) is 5.91 Å². The first-order valence-corrected chi connectivity index (χ1v) is 12.0. The molecule has 0 aliphatic carbocycles. The van der Waals surface area contributed by atoms with E-state index in [1.165, 1.54) is 4.88 Å². The molecule has 3 rings (SSSR count). The van der Waals surface area contributed by atoms with Crippen molar-refractivity contribution in [2.75, 3.05) is 13.1 Å². The smallest absolute Gasteiger partial charge is 0.254 e. The van der Waals surface area contributed by atoms with Crippen LogP contribution < -0.4 is 0 Å². The second kappa shape index (κ2) is 11.6. The Morgan fingerprint density at radius 2 is 1.56 bits per heavy atom. The number of carbonyl (C=O) groups is 2. The molecule has 0 unspecified atom stereocenters. The molecule has 2 aromatic carbocycles. The van der Waals surface area contributed by atoms with Crippen LogP contribution in [-0.2, 0) is 17.9 Å². The number of benzene rings is 2. The van der Waals surface area contributed by atoms with E-state index in [-0.39, 0.29) is 18.4 Å². The van der Waals surface area contributed by atoms with Gasteiger partial charge >= 0.3 is 0 Å². The predicted octanol–water partition coefficient (Wildman–Crippen LogP) is 5.84. The highest BCUT2D eigenvalue weighted by molar-refractivity contribution is 7.11. The third-order valence-electron chi connectivity index (χ3n) is 5.41. The minimum absolute atomic E-state index is 0.0310. The van der Waals surface area contributed by atoms with Crippen molar-refractivity contribution in [3.63, 3.8) is 0 Å². The largest absolute Gasteiger partial charge is 0.332 e. The van der Waals surface area contributed by atoms with Crippen LogP contribution >= 0.6 is 11.3 Å². The molecule has 0 aliphatic heterocycles. The highest BCUT2D eigenvalue weighted by Gasteiger charge is 2.23. The van der Waals surface area contributed by atoms with Gasteiger partial charge in [0, 0.05) is 28.4 Å². The van der Waals surface area contributed by atoms with Crippen molar-refractivity contribution >= 4 is 23.2 Å². The first-order valence-electron chi connectivity index (χ1n) is 11.2. The van der Waals surface area contributed by atoms with Crippen LogP contribution in [0.4, 0.5) is 0 Å². The van der Waals surface area contributed by atoms with Crippen LogP contribution in [-0.4, -0.2) is 34.7 Å². The van der Waals surface area contributed by atoms with E-state index in [1.807, 2.05) is 66.4 Å². The summed E-state index contributed by atoms with van der Waals surface area (Å²) in [5.74, 6) is -0.116. The molecule has 0 atom stereocenters. The zero-order valence-electron chi connectivity index (χ0n) is 19.2. The van der Waals surface area contributed by atoms with Gasteiger partial charge in [0.1, 0.15) is 6.54 Å². The number of thiophene rings is 1. The van der Waals surface area contributed by atoms with Crippen LogP contribution in [0, 0.1) is 13.8 Å². The molecule has 0 bridgehead atoms. The van der Waals surface area contributed by atoms with Gasteiger partial charge in [-0.05, 0) is 50.1 Å². The summed E-state index contributed by atoms with van der Waals surface area (Å²) in [5.41, 5.74) is 2.82. The van der Waals surface area contributed by atoms with Gasteiger partial charge < -0.3 is 9.80 Å². The zero-order valence-corrected chi connectivity index (χ0v) is 20.0. The lowest BCUT2D eigenvalue weighted by Crippen LogP contribution is -2.42. The van der Waals surface area contributed by atoms with E-state index < -0.39 is 0 Å². The molecule has 168 valence electrons. The van der Waals surface area contributed by atoms with E-state index in [0.717, 1.165) is 28.8 Å². The van der Waals surface area contributed by atoms with Crippen molar-refractivity contribution in [1.82, 2.24) is 9.80 Å². The average Bonchev–Trinajstić information content (AvgIpc) is 3.21. The number of nitrogens with zero attached hydrogens (tertiary/aromatic N) is 2. The first kappa shape index (κ1) is 23.7. The number of hydrogen-bond acceptors (Lipinski definition) is 3. The lowest BCUT2D eigenvalue weighted by atomic mass is 10.1. The van der Waals surface area contributed by atoms with Gasteiger partial charge in [-0.2, -0.15) is 0 Å². The fourth-order valence-corrected chi connectivity index (χ4v) is 4.44. The Kier molecular flexibility index (Phi) is 8.63. The van der Waals surface area contributed by atoms with Crippen LogP contribution in [0.15, 0.2) is 66.7 Å². The SMILES string of the molecule is CCCCN(CC(=O)N(Cc1ccccc1)Cc1ccc(C)s1)C(=O)c1ccc(C)cc1. The third-order valence-corrected chi connectivity index (χ3v) is 6.39. The summed E-state index contributed by atoms with van der Waals surface area (Å²) in [6.07, 6.45) is 1.84. The molecule has 5 heteroatoms. The van der Waals surface area contributed by atoms with Crippen LogP contribution in [0.3, 0.4) is 0 Å². The lowest BCUT2D eigenvalue weighted by molar-refractivity contribution is -0.133. The second-order valence-corrected chi connectivity index (χ2v) is 9.57. The summed E-state index contributed by atoms with van der Waals surface area (Å²) in [4.78, 5) is 32.6. The molecule has 1 aromatic heterocycles. The maximum Gasteiger partial charge on any atom is 0.254 e.